The van der Waals surface area contributed by atoms with Crippen LogP contribution in [0.4, 0.5) is 0 Å². The Morgan fingerprint density at radius 3 is 2.75 bits per heavy atom. The molecule has 0 N–H and O–H groups in total. The maximum Gasteiger partial charge on any atom is 0.0491 e. The molecule has 1 aromatic carbocycles. The molecule has 0 aliphatic carbocycles. The summed E-state index contributed by atoms with van der Waals surface area (Å²) in [5.41, 5.74) is 1.25. The van der Waals surface area contributed by atoms with Crippen LogP contribution in [0.5, 0.6) is 0 Å². The second kappa shape index (κ2) is 4.28. The lowest BCUT2D eigenvalue weighted by molar-refractivity contribution is 0.770. The fraction of sp³-hybridized carbons (Fsp3) is 0.200. The van der Waals surface area contributed by atoms with Crippen molar-refractivity contribution in [1.29, 1.82) is 0 Å². The number of terminal acetylenes is 1. The molecule has 0 saturated heterocycles. The van der Waals surface area contributed by atoms with Crippen molar-refractivity contribution in [3.8, 4) is 12.3 Å². The Hall–Kier alpha value is -1.94. The molecule has 80 valence electrons. The van der Waals surface area contributed by atoms with Gasteiger partial charge < -0.3 is 4.57 Å². The van der Waals surface area contributed by atoms with Gasteiger partial charge >= 0.3 is 0 Å². The molecule has 1 nitrogen and oxygen atoms in total. The van der Waals surface area contributed by atoms with Crippen molar-refractivity contribution in [2.75, 3.05) is 0 Å². The Balaban J connectivity index is 3.11. The topological polar surface area (TPSA) is 4.93 Å². The molecule has 1 aromatic heterocycles. The number of fused-ring (bicyclic) bond motifs is 1. The average molecular weight is 209 g/mol. The molecule has 1 heterocycles. The predicted molar refractivity (Wildman–Crippen MR) is 70.3 cm³/mol. The number of aromatic nitrogens is 1. The number of rotatable bonds is 1. The van der Waals surface area contributed by atoms with Gasteiger partial charge in [-0.3, -0.25) is 0 Å². The van der Waals surface area contributed by atoms with Crippen LogP contribution in [-0.2, 0) is 6.54 Å². The molecule has 0 amide bonds. The summed E-state index contributed by atoms with van der Waals surface area (Å²) in [4.78, 5) is 0. The van der Waals surface area contributed by atoms with Gasteiger partial charge in [0.1, 0.15) is 0 Å². The van der Waals surface area contributed by atoms with E-state index in [0.29, 0.717) is 0 Å². The zero-order valence-corrected chi connectivity index (χ0v) is 9.70. The Kier molecular flexibility index (Phi) is 2.83. The average Bonchev–Trinajstić information content (AvgIpc) is 2.63. The van der Waals surface area contributed by atoms with Crippen LogP contribution < -0.4 is 10.6 Å². The van der Waals surface area contributed by atoms with Gasteiger partial charge in [-0.2, -0.15) is 0 Å². The summed E-state index contributed by atoms with van der Waals surface area (Å²) in [5.74, 6) is 2.63. The van der Waals surface area contributed by atoms with Gasteiger partial charge in [0, 0.05) is 28.0 Å². The van der Waals surface area contributed by atoms with Gasteiger partial charge in [-0.1, -0.05) is 30.2 Å². The molecular weight excluding hydrogens is 194 g/mol. The van der Waals surface area contributed by atoms with E-state index in [-0.39, 0.29) is 0 Å². The third-order valence-corrected chi connectivity index (χ3v) is 2.87. The van der Waals surface area contributed by atoms with Crippen LogP contribution in [0, 0.1) is 12.3 Å². The molecule has 0 spiro atoms. The fourth-order valence-electron chi connectivity index (χ4n) is 2.24. The highest BCUT2D eigenvalue weighted by Crippen LogP contribution is 2.07. The number of para-hydroxylation sites is 1. The van der Waals surface area contributed by atoms with E-state index < -0.39 is 0 Å². The van der Waals surface area contributed by atoms with E-state index in [0.717, 1.165) is 11.8 Å². The first-order valence-corrected chi connectivity index (χ1v) is 5.53. The minimum atomic E-state index is 0.957. The van der Waals surface area contributed by atoms with Crippen molar-refractivity contribution < 1.29 is 0 Å². The maximum absolute atomic E-state index is 5.40. The van der Waals surface area contributed by atoms with Gasteiger partial charge in [0.05, 0.1) is 0 Å². The van der Waals surface area contributed by atoms with Crippen molar-refractivity contribution in [1.82, 2.24) is 4.57 Å². The fourth-order valence-corrected chi connectivity index (χ4v) is 2.24. The maximum atomic E-state index is 5.40. The van der Waals surface area contributed by atoms with Gasteiger partial charge in [-0.05, 0) is 26.0 Å². The Morgan fingerprint density at radius 2 is 2.12 bits per heavy atom. The molecule has 2 aromatic rings. The van der Waals surface area contributed by atoms with Gasteiger partial charge in [-0.25, -0.2) is 0 Å². The van der Waals surface area contributed by atoms with Crippen molar-refractivity contribution in [3.63, 3.8) is 0 Å². The van der Waals surface area contributed by atoms with E-state index in [1.165, 1.54) is 16.3 Å². The molecule has 0 bridgehead atoms. The van der Waals surface area contributed by atoms with Crippen molar-refractivity contribution in [3.05, 3.63) is 34.8 Å². The molecule has 0 fully saturated rings. The third kappa shape index (κ3) is 1.44. The smallest absolute Gasteiger partial charge is 0.0491 e. The Morgan fingerprint density at radius 1 is 1.38 bits per heavy atom. The zero-order valence-electron chi connectivity index (χ0n) is 9.70. The molecular formula is C15H15N. The first-order chi connectivity index (χ1) is 7.83. The standard InChI is InChI=1S/C15H15N/c1-4-9-12-13-10-7-8-11-15(13)16(6-3)14(12)5-2/h1,5,7-11H,6H2,2-3H3/b12-9-,14-5+. The molecule has 2 rings (SSSR count). The molecule has 0 aliphatic rings. The number of benzene rings is 1. The third-order valence-electron chi connectivity index (χ3n) is 2.87. The summed E-state index contributed by atoms with van der Waals surface area (Å²) < 4.78 is 2.29. The number of hydrogen-bond acceptors (Lipinski definition) is 0. The summed E-state index contributed by atoms with van der Waals surface area (Å²) in [6.07, 6.45) is 9.37. The van der Waals surface area contributed by atoms with E-state index in [2.05, 4.69) is 47.8 Å². The van der Waals surface area contributed by atoms with Crippen LogP contribution in [0.3, 0.4) is 0 Å². The van der Waals surface area contributed by atoms with E-state index in [4.69, 9.17) is 6.42 Å². The highest BCUT2D eigenvalue weighted by molar-refractivity contribution is 5.82. The molecule has 0 saturated carbocycles. The van der Waals surface area contributed by atoms with Crippen molar-refractivity contribution in [2.45, 2.75) is 20.4 Å². The summed E-state index contributed by atoms with van der Waals surface area (Å²) >= 11 is 0. The monoisotopic (exact) mass is 209 g/mol. The SMILES string of the molecule is C#C/C=c1\c(=C/C)n(CC)c2ccccc12. The minimum absolute atomic E-state index is 0.957. The van der Waals surface area contributed by atoms with Crippen molar-refractivity contribution in [2.24, 2.45) is 0 Å². The number of hydrogen-bond donors (Lipinski definition) is 0. The van der Waals surface area contributed by atoms with Crippen LogP contribution in [0.2, 0.25) is 0 Å². The Bertz CT molecular complexity index is 666. The van der Waals surface area contributed by atoms with E-state index in [1.807, 2.05) is 13.0 Å². The number of nitrogens with zero attached hydrogens (tertiary/aromatic N) is 1. The van der Waals surface area contributed by atoms with Crippen LogP contribution in [-0.4, -0.2) is 4.57 Å². The first-order valence-electron chi connectivity index (χ1n) is 5.53. The van der Waals surface area contributed by atoms with Crippen LogP contribution in [0.1, 0.15) is 13.8 Å². The quantitative estimate of drug-likeness (QED) is 0.632. The molecule has 0 unspecified atom stereocenters. The summed E-state index contributed by atoms with van der Waals surface area (Å²) in [6.45, 7) is 5.16. The zero-order chi connectivity index (χ0) is 11.5. The second-order valence-electron chi connectivity index (χ2n) is 3.66. The van der Waals surface area contributed by atoms with E-state index in [1.54, 1.807) is 0 Å². The first kappa shape index (κ1) is 10.6. The Labute approximate surface area is 95.7 Å². The minimum Gasteiger partial charge on any atom is -0.341 e. The lowest BCUT2D eigenvalue weighted by atomic mass is 10.2. The van der Waals surface area contributed by atoms with E-state index in [9.17, 15) is 0 Å². The van der Waals surface area contributed by atoms with Gasteiger partial charge in [0.15, 0.2) is 0 Å². The molecule has 0 aliphatic heterocycles. The van der Waals surface area contributed by atoms with Gasteiger partial charge in [-0.15, -0.1) is 6.42 Å². The second-order valence-corrected chi connectivity index (χ2v) is 3.66. The van der Waals surface area contributed by atoms with Crippen LogP contribution in [0.15, 0.2) is 24.3 Å². The van der Waals surface area contributed by atoms with Gasteiger partial charge in [0.2, 0.25) is 0 Å². The molecule has 0 radical (unpaired) electrons. The summed E-state index contributed by atoms with van der Waals surface area (Å²) in [6, 6.07) is 8.38. The summed E-state index contributed by atoms with van der Waals surface area (Å²) in [7, 11) is 0. The van der Waals surface area contributed by atoms with Gasteiger partial charge in [0.25, 0.3) is 0 Å². The molecule has 16 heavy (non-hydrogen) atoms. The highest BCUT2D eigenvalue weighted by atomic mass is 15.0. The van der Waals surface area contributed by atoms with Crippen LogP contribution >= 0.6 is 0 Å². The predicted octanol–water partition coefficient (Wildman–Crippen LogP) is 1.88. The highest BCUT2D eigenvalue weighted by Gasteiger charge is 2.03. The normalized spacial score (nSPS) is 13.3. The molecule has 0 atom stereocenters. The number of aryl methyl sites for hydroxylation is 1. The largest absolute Gasteiger partial charge is 0.341 e. The summed E-state index contributed by atoms with van der Waals surface area (Å²) in [5, 5.41) is 3.60. The van der Waals surface area contributed by atoms with Crippen molar-refractivity contribution >= 4 is 23.1 Å². The lowest BCUT2D eigenvalue weighted by Gasteiger charge is -2.00. The van der Waals surface area contributed by atoms with E-state index >= 15 is 0 Å². The van der Waals surface area contributed by atoms with Crippen LogP contribution in [0.25, 0.3) is 23.1 Å². The lowest BCUT2D eigenvalue weighted by Crippen LogP contribution is -2.28. The molecule has 1 heteroatoms.